The van der Waals surface area contributed by atoms with E-state index < -0.39 is 0 Å². The fraction of sp³-hybridized carbons (Fsp3) is 0.619. The highest BCUT2D eigenvalue weighted by Crippen LogP contribution is 2.16. The van der Waals surface area contributed by atoms with E-state index in [4.69, 9.17) is 0 Å². The van der Waals surface area contributed by atoms with Crippen molar-refractivity contribution in [1.29, 1.82) is 0 Å². The van der Waals surface area contributed by atoms with Crippen LogP contribution in [0.15, 0.2) is 30.3 Å². The van der Waals surface area contributed by atoms with Gasteiger partial charge in [-0.3, -0.25) is 0 Å². The maximum absolute atomic E-state index is 2.34. The molecule has 0 aliphatic rings. The number of hydrogen-bond donors (Lipinski definition) is 0. The van der Waals surface area contributed by atoms with Crippen LogP contribution < -0.4 is 0 Å². The molecule has 0 saturated carbocycles. The maximum Gasteiger partial charge on any atom is -0.0228 e. The first-order valence-electron chi connectivity index (χ1n) is 9.13. The van der Waals surface area contributed by atoms with Gasteiger partial charge in [0.15, 0.2) is 0 Å². The lowest BCUT2D eigenvalue weighted by atomic mass is 9.99. The molecule has 0 aliphatic heterocycles. The minimum absolute atomic E-state index is 1.21. The van der Waals surface area contributed by atoms with E-state index >= 15 is 0 Å². The highest BCUT2D eigenvalue weighted by molar-refractivity contribution is 5.53. The monoisotopic (exact) mass is 286 g/mol. The lowest BCUT2D eigenvalue weighted by molar-refractivity contribution is 0.589. The fourth-order valence-corrected chi connectivity index (χ4v) is 2.73. The van der Waals surface area contributed by atoms with Gasteiger partial charge >= 0.3 is 0 Å². The van der Waals surface area contributed by atoms with Gasteiger partial charge in [-0.1, -0.05) is 102 Å². The zero-order chi connectivity index (χ0) is 15.2. The van der Waals surface area contributed by atoms with Crippen LogP contribution in [0.2, 0.25) is 0 Å². The van der Waals surface area contributed by atoms with Gasteiger partial charge in [-0.2, -0.15) is 0 Å². The summed E-state index contributed by atoms with van der Waals surface area (Å²) in [6.07, 6.45) is 19.4. The highest BCUT2D eigenvalue weighted by Gasteiger charge is 1.99. The molecule has 0 amide bonds. The summed E-state index contributed by atoms with van der Waals surface area (Å²) in [7, 11) is 0. The number of rotatable bonds is 12. The first-order valence-corrected chi connectivity index (χ1v) is 9.13. The second-order valence-electron chi connectivity index (χ2n) is 6.11. The van der Waals surface area contributed by atoms with Crippen molar-refractivity contribution in [2.45, 2.75) is 84.5 Å². The van der Waals surface area contributed by atoms with Crippen molar-refractivity contribution in [3.63, 3.8) is 0 Å². The first kappa shape index (κ1) is 18.0. The van der Waals surface area contributed by atoms with Crippen LogP contribution in [0.3, 0.4) is 0 Å². The third-order valence-corrected chi connectivity index (χ3v) is 4.13. The SMILES string of the molecule is CCCC/C=C/c1ccccc1CCCCCCCCC. The predicted octanol–water partition coefficient (Wildman–Crippen LogP) is 7.18. The molecule has 0 fully saturated rings. The Hall–Kier alpha value is -1.04. The van der Waals surface area contributed by atoms with Crippen molar-refractivity contribution in [3.05, 3.63) is 41.5 Å². The Bertz CT molecular complexity index is 375. The topological polar surface area (TPSA) is 0 Å². The molecular formula is C21H34. The van der Waals surface area contributed by atoms with E-state index in [0.29, 0.717) is 0 Å². The van der Waals surface area contributed by atoms with Crippen LogP contribution in [0.25, 0.3) is 6.08 Å². The Labute approximate surface area is 132 Å². The van der Waals surface area contributed by atoms with Crippen LogP contribution in [0, 0.1) is 0 Å². The van der Waals surface area contributed by atoms with Crippen molar-refractivity contribution in [3.8, 4) is 0 Å². The Balaban J connectivity index is 2.29. The normalized spacial score (nSPS) is 11.3. The van der Waals surface area contributed by atoms with Crippen LogP contribution in [-0.2, 0) is 6.42 Å². The summed E-state index contributed by atoms with van der Waals surface area (Å²) < 4.78 is 0. The Morgan fingerprint density at radius 2 is 1.43 bits per heavy atom. The lowest BCUT2D eigenvalue weighted by Gasteiger charge is -2.06. The zero-order valence-corrected chi connectivity index (χ0v) is 14.2. The van der Waals surface area contributed by atoms with Crippen LogP contribution in [0.5, 0.6) is 0 Å². The second-order valence-corrected chi connectivity index (χ2v) is 6.11. The average Bonchev–Trinajstić information content (AvgIpc) is 2.52. The summed E-state index contributed by atoms with van der Waals surface area (Å²) in [6, 6.07) is 8.91. The van der Waals surface area contributed by atoms with Crippen molar-refractivity contribution in [1.82, 2.24) is 0 Å². The van der Waals surface area contributed by atoms with E-state index in [9.17, 15) is 0 Å². The molecule has 1 rings (SSSR count). The van der Waals surface area contributed by atoms with Crippen molar-refractivity contribution in [2.75, 3.05) is 0 Å². The van der Waals surface area contributed by atoms with Crippen molar-refractivity contribution >= 4 is 6.08 Å². The van der Waals surface area contributed by atoms with Gasteiger partial charge in [0.05, 0.1) is 0 Å². The largest absolute Gasteiger partial charge is 0.0839 e. The molecule has 118 valence electrons. The third kappa shape index (κ3) is 8.75. The minimum atomic E-state index is 1.21. The average molecular weight is 287 g/mol. The molecule has 1 aromatic rings. The summed E-state index contributed by atoms with van der Waals surface area (Å²) in [6.45, 7) is 4.53. The molecule has 0 aliphatic carbocycles. The van der Waals surface area contributed by atoms with Crippen molar-refractivity contribution in [2.24, 2.45) is 0 Å². The molecule has 0 aromatic heterocycles. The second kappa shape index (κ2) is 12.7. The molecule has 0 spiro atoms. The predicted molar refractivity (Wildman–Crippen MR) is 96.7 cm³/mol. The summed E-state index contributed by atoms with van der Waals surface area (Å²) >= 11 is 0. The fourth-order valence-electron chi connectivity index (χ4n) is 2.73. The zero-order valence-electron chi connectivity index (χ0n) is 14.2. The van der Waals surface area contributed by atoms with E-state index in [-0.39, 0.29) is 0 Å². The molecule has 0 radical (unpaired) electrons. The van der Waals surface area contributed by atoms with E-state index in [1.54, 1.807) is 0 Å². The quantitative estimate of drug-likeness (QED) is 0.357. The van der Waals surface area contributed by atoms with Crippen LogP contribution in [-0.4, -0.2) is 0 Å². The van der Waals surface area contributed by atoms with Gasteiger partial charge in [-0.05, 0) is 30.4 Å². The van der Waals surface area contributed by atoms with Crippen molar-refractivity contribution < 1.29 is 0 Å². The first-order chi connectivity index (χ1) is 10.4. The number of allylic oxidation sites excluding steroid dienone is 1. The molecule has 0 atom stereocenters. The van der Waals surface area contributed by atoms with Crippen LogP contribution >= 0.6 is 0 Å². The molecule has 0 heterocycles. The third-order valence-electron chi connectivity index (χ3n) is 4.13. The highest BCUT2D eigenvalue weighted by atomic mass is 14.0. The minimum Gasteiger partial charge on any atom is -0.0839 e. The Morgan fingerprint density at radius 1 is 0.762 bits per heavy atom. The molecule has 0 saturated heterocycles. The summed E-state index contributed by atoms with van der Waals surface area (Å²) in [5.74, 6) is 0. The maximum atomic E-state index is 2.34. The Morgan fingerprint density at radius 3 is 2.19 bits per heavy atom. The summed E-state index contributed by atoms with van der Waals surface area (Å²) in [5, 5.41) is 0. The van der Waals surface area contributed by atoms with Gasteiger partial charge in [0.25, 0.3) is 0 Å². The van der Waals surface area contributed by atoms with E-state index in [1.165, 1.54) is 81.8 Å². The number of unbranched alkanes of at least 4 members (excludes halogenated alkanes) is 8. The van der Waals surface area contributed by atoms with Gasteiger partial charge in [0.2, 0.25) is 0 Å². The van der Waals surface area contributed by atoms with E-state index in [0.717, 1.165) is 0 Å². The molecule has 0 heteroatoms. The molecule has 0 N–H and O–H groups in total. The molecule has 0 bridgehead atoms. The molecular weight excluding hydrogens is 252 g/mol. The molecule has 21 heavy (non-hydrogen) atoms. The lowest BCUT2D eigenvalue weighted by Crippen LogP contribution is -1.90. The van der Waals surface area contributed by atoms with Gasteiger partial charge in [0, 0.05) is 0 Å². The van der Waals surface area contributed by atoms with E-state index in [2.05, 4.69) is 50.3 Å². The number of aryl methyl sites for hydroxylation is 1. The molecule has 1 aromatic carbocycles. The molecule has 0 unspecified atom stereocenters. The van der Waals surface area contributed by atoms with Crippen LogP contribution in [0.4, 0.5) is 0 Å². The van der Waals surface area contributed by atoms with Gasteiger partial charge in [-0.15, -0.1) is 0 Å². The summed E-state index contributed by atoms with van der Waals surface area (Å²) in [5.41, 5.74) is 2.96. The number of hydrogen-bond acceptors (Lipinski definition) is 0. The smallest absolute Gasteiger partial charge is 0.0228 e. The Kier molecular flexibility index (Phi) is 10.9. The van der Waals surface area contributed by atoms with Gasteiger partial charge in [0.1, 0.15) is 0 Å². The van der Waals surface area contributed by atoms with E-state index in [1.807, 2.05) is 0 Å². The summed E-state index contributed by atoms with van der Waals surface area (Å²) in [4.78, 5) is 0. The van der Waals surface area contributed by atoms with Gasteiger partial charge < -0.3 is 0 Å². The number of benzene rings is 1. The van der Waals surface area contributed by atoms with Crippen LogP contribution in [0.1, 0.15) is 89.2 Å². The standard InChI is InChI=1S/C21H34/c1-3-5-7-9-10-11-13-17-21-19-15-14-18-20(21)16-12-8-6-4-2/h12,14-16,18-19H,3-11,13,17H2,1-2H3/b16-12+. The van der Waals surface area contributed by atoms with Gasteiger partial charge in [-0.25, -0.2) is 0 Å². The molecule has 0 nitrogen and oxygen atoms in total.